The van der Waals surface area contributed by atoms with Crippen LogP contribution < -0.4 is 0 Å². The number of esters is 1. The van der Waals surface area contributed by atoms with Crippen molar-refractivity contribution in [2.75, 3.05) is 53.4 Å². The van der Waals surface area contributed by atoms with Gasteiger partial charge < -0.3 is 39.4 Å². The summed E-state index contributed by atoms with van der Waals surface area (Å²) >= 11 is 0. The molecule has 0 aliphatic rings. The summed E-state index contributed by atoms with van der Waals surface area (Å²) in [5.74, 6) is -1.39. The first-order valence-corrected chi connectivity index (χ1v) is 7.93. The maximum atomic E-state index is 10.5. The van der Waals surface area contributed by atoms with Gasteiger partial charge in [0.15, 0.2) is 6.29 Å². The molecule has 4 N–H and O–H groups in total. The molecule has 27 heavy (non-hydrogen) atoms. The Morgan fingerprint density at radius 3 is 1.78 bits per heavy atom. The van der Waals surface area contributed by atoms with Crippen molar-refractivity contribution in [1.82, 2.24) is 0 Å². The number of carboxylic acids is 1. The van der Waals surface area contributed by atoms with Crippen LogP contribution in [0.25, 0.3) is 0 Å². The summed E-state index contributed by atoms with van der Waals surface area (Å²) in [5.41, 5.74) is 0.526. The van der Waals surface area contributed by atoms with E-state index in [9.17, 15) is 9.59 Å². The minimum Gasteiger partial charge on any atom is -0.478 e. The second-order valence-electron chi connectivity index (χ2n) is 4.83. The first-order valence-electron chi connectivity index (χ1n) is 7.93. The lowest BCUT2D eigenvalue weighted by Crippen LogP contribution is -2.19. The third-order valence-electron chi connectivity index (χ3n) is 2.18. The molecule has 0 heterocycles. The zero-order valence-corrected chi connectivity index (χ0v) is 16.2. The summed E-state index contributed by atoms with van der Waals surface area (Å²) in [7, 11) is 1.40. The predicted octanol–water partition coefficient (Wildman–Crippen LogP) is -0.278. The molecule has 0 radical (unpaired) electrons. The Labute approximate surface area is 159 Å². The van der Waals surface area contributed by atoms with Crippen LogP contribution in [-0.2, 0) is 28.5 Å². The lowest BCUT2D eigenvalue weighted by Gasteiger charge is -2.08. The average molecular weight is 396 g/mol. The molecule has 0 bridgehead atoms. The smallest absolute Gasteiger partial charge is 0.333 e. The van der Waals surface area contributed by atoms with Crippen molar-refractivity contribution in [2.45, 2.75) is 20.1 Å². The normalized spacial score (nSPS) is 10.4. The Kier molecular flexibility index (Phi) is 24.6. The minimum atomic E-state index is -0.935. The van der Waals surface area contributed by atoms with Gasteiger partial charge in [-0.1, -0.05) is 13.2 Å². The molecule has 0 aromatic heterocycles. The minimum absolute atomic E-state index is 0.0146. The van der Waals surface area contributed by atoms with E-state index in [-0.39, 0.29) is 32.0 Å². The SMILES string of the molecule is C=C(C)C(=O)O.C=C(C)C(=O)OCCO.COC(O)COCCOCCO. The molecule has 0 saturated carbocycles. The number of carbonyl (C=O) groups is 2. The van der Waals surface area contributed by atoms with E-state index in [0.29, 0.717) is 25.4 Å². The molecule has 0 saturated heterocycles. The fourth-order valence-corrected chi connectivity index (χ4v) is 0.798. The Bertz CT molecular complexity index is 397. The van der Waals surface area contributed by atoms with Gasteiger partial charge in [-0.05, 0) is 13.8 Å². The van der Waals surface area contributed by atoms with Gasteiger partial charge in [0.1, 0.15) is 6.61 Å². The molecule has 10 heteroatoms. The van der Waals surface area contributed by atoms with Crippen molar-refractivity contribution in [3.05, 3.63) is 24.3 Å². The lowest BCUT2D eigenvalue weighted by atomic mass is 10.4. The number of aliphatic carboxylic acids is 1. The molecular formula is C17H32O10. The third kappa shape index (κ3) is 29.2. The number of hydrogen-bond acceptors (Lipinski definition) is 9. The summed E-state index contributed by atoms with van der Waals surface area (Å²) in [4.78, 5) is 20.1. The van der Waals surface area contributed by atoms with Crippen molar-refractivity contribution in [3.63, 3.8) is 0 Å². The number of rotatable bonds is 12. The van der Waals surface area contributed by atoms with Crippen LogP contribution in [0.15, 0.2) is 24.3 Å². The average Bonchev–Trinajstić information content (AvgIpc) is 2.63. The second kappa shape index (κ2) is 22.2. The molecule has 0 spiro atoms. The highest BCUT2D eigenvalue weighted by molar-refractivity contribution is 5.86. The second-order valence-corrected chi connectivity index (χ2v) is 4.83. The summed E-state index contributed by atoms with van der Waals surface area (Å²) in [6.45, 7) is 10.7. The van der Waals surface area contributed by atoms with Crippen molar-refractivity contribution < 1.29 is 49.0 Å². The number of carboxylic acid groups (broad SMARTS) is 1. The largest absolute Gasteiger partial charge is 0.478 e. The van der Waals surface area contributed by atoms with Crippen molar-refractivity contribution in [2.24, 2.45) is 0 Å². The van der Waals surface area contributed by atoms with Crippen molar-refractivity contribution in [3.8, 4) is 0 Å². The molecule has 0 aromatic rings. The van der Waals surface area contributed by atoms with Crippen LogP contribution in [0.3, 0.4) is 0 Å². The van der Waals surface area contributed by atoms with Crippen molar-refractivity contribution >= 4 is 11.9 Å². The van der Waals surface area contributed by atoms with E-state index in [1.54, 1.807) is 6.92 Å². The van der Waals surface area contributed by atoms with Gasteiger partial charge in [0.25, 0.3) is 0 Å². The number of methoxy groups -OCH3 is 1. The first-order chi connectivity index (χ1) is 12.6. The fourth-order valence-electron chi connectivity index (χ4n) is 0.798. The van der Waals surface area contributed by atoms with E-state index < -0.39 is 18.2 Å². The van der Waals surface area contributed by atoms with Crippen LogP contribution in [0, 0.1) is 0 Å². The summed E-state index contributed by atoms with van der Waals surface area (Å²) in [6.07, 6.45) is -0.872. The Balaban J connectivity index is -0.000000340. The van der Waals surface area contributed by atoms with Crippen molar-refractivity contribution in [1.29, 1.82) is 0 Å². The van der Waals surface area contributed by atoms with E-state index in [1.165, 1.54) is 14.0 Å². The molecule has 0 aliphatic heterocycles. The number of ether oxygens (including phenoxy) is 4. The number of carbonyl (C=O) groups excluding carboxylic acids is 1. The highest BCUT2D eigenvalue weighted by Crippen LogP contribution is 1.90. The molecule has 0 aromatic carbocycles. The lowest BCUT2D eigenvalue weighted by molar-refractivity contribution is -0.140. The fraction of sp³-hybridized carbons (Fsp3) is 0.647. The van der Waals surface area contributed by atoms with Gasteiger partial charge in [-0.2, -0.15) is 0 Å². The van der Waals surface area contributed by atoms with Gasteiger partial charge in [0.2, 0.25) is 0 Å². The Hall–Kier alpha value is -1.82. The molecule has 0 aliphatic carbocycles. The van der Waals surface area contributed by atoms with Crippen LogP contribution >= 0.6 is 0 Å². The van der Waals surface area contributed by atoms with Crippen LogP contribution in [-0.4, -0.2) is 92.0 Å². The number of aliphatic hydroxyl groups is 3. The zero-order chi connectivity index (χ0) is 21.7. The van der Waals surface area contributed by atoms with Gasteiger partial charge in [0, 0.05) is 18.3 Å². The predicted molar refractivity (Wildman–Crippen MR) is 97.0 cm³/mol. The Morgan fingerprint density at radius 2 is 1.41 bits per heavy atom. The standard InChI is InChI=1S/C7H16O5.C6H10O3.C4H6O2/c1-10-7(9)6-12-5-4-11-3-2-8;1-5(2)6(8)9-4-3-7;1-3(2)4(5)6/h7-9H,2-6H2,1H3;7H,1,3-4H2,2H3;1H2,2H3,(H,5,6). The maximum absolute atomic E-state index is 10.5. The first kappa shape index (κ1) is 29.9. The van der Waals surface area contributed by atoms with Crippen LogP contribution in [0.2, 0.25) is 0 Å². The zero-order valence-electron chi connectivity index (χ0n) is 16.2. The van der Waals surface area contributed by atoms with E-state index in [2.05, 4.69) is 22.6 Å². The molecule has 1 atom stereocenters. The monoisotopic (exact) mass is 396 g/mol. The highest BCUT2D eigenvalue weighted by atomic mass is 16.6. The molecule has 0 rings (SSSR count). The molecule has 10 nitrogen and oxygen atoms in total. The topological polar surface area (TPSA) is 152 Å². The maximum Gasteiger partial charge on any atom is 0.333 e. The molecule has 1 unspecified atom stereocenters. The van der Waals surface area contributed by atoms with Gasteiger partial charge >= 0.3 is 11.9 Å². The quantitative estimate of drug-likeness (QED) is 0.150. The third-order valence-corrected chi connectivity index (χ3v) is 2.18. The van der Waals surface area contributed by atoms with Crippen LogP contribution in [0.1, 0.15) is 13.8 Å². The Morgan fingerprint density at radius 1 is 0.926 bits per heavy atom. The summed E-state index contributed by atoms with van der Waals surface area (Å²) in [6, 6.07) is 0. The summed E-state index contributed by atoms with van der Waals surface area (Å²) < 4.78 is 18.8. The van der Waals surface area contributed by atoms with E-state index in [1.807, 2.05) is 0 Å². The van der Waals surface area contributed by atoms with Gasteiger partial charge in [0.05, 0.1) is 39.6 Å². The molecule has 0 fully saturated rings. The van der Waals surface area contributed by atoms with E-state index in [0.717, 1.165) is 0 Å². The van der Waals surface area contributed by atoms with Crippen LogP contribution in [0.5, 0.6) is 0 Å². The molecule has 0 amide bonds. The van der Waals surface area contributed by atoms with E-state index >= 15 is 0 Å². The number of aliphatic hydroxyl groups excluding tert-OH is 3. The van der Waals surface area contributed by atoms with Gasteiger partial charge in [-0.25, -0.2) is 9.59 Å². The summed E-state index contributed by atoms with van der Waals surface area (Å²) in [5, 5.41) is 33.2. The molecule has 160 valence electrons. The van der Waals surface area contributed by atoms with E-state index in [4.69, 9.17) is 29.9 Å². The van der Waals surface area contributed by atoms with Crippen LogP contribution in [0.4, 0.5) is 0 Å². The highest BCUT2D eigenvalue weighted by Gasteiger charge is 2.00. The number of hydrogen-bond donors (Lipinski definition) is 4. The van der Waals surface area contributed by atoms with Gasteiger partial charge in [-0.15, -0.1) is 0 Å². The van der Waals surface area contributed by atoms with Gasteiger partial charge in [-0.3, -0.25) is 0 Å². The molecular weight excluding hydrogens is 364 g/mol.